The number of amides is 2. The number of hydrogen-bond acceptors (Lipinski definition) is 4. The number of aromatic nitrogens is 2. The smallest absolute Gasteiger partial charge is 0.256 e. The molecule has 0 bridgehead atoms. The van der Waals surface area contributed by atoms with E-state index in [2.05, 4.69) is 22.5 Å². The van der Waals surface area contributed by atoms with Gasteiger partial charge in [0, 0.05) is 26.8 Å². The average Bonchev–Trinajstić information content (AvgIpc) is 3.49. The van der Waals surface area contributed by atoms with Gasteiger partial charge in [0.1, 0.15) is 5.82 Å². The minimum atomic E-state index is -0.457. The number of carbonyl (C=O) groups is 2. The van der Waals surface area contributed by atoms with Gasteiger partial charge in [0.05, 0.1) is 22.5 Å². The highest BCUT2D eigenvalue weighted by Gasteiger charge is 2.24. The zero-order chi connectivity index (χ0) is 24.5. The zero-order valence-electron chi connectivity index (χ0n) is 18.8. The normalized spacial score (nSPS) is 20.0. The van der Waals surface area contributed by atoms with Crippen LogP contribution in [-0.4, -0.2) is 21.8 Å². The van der Waals surface area contributed by atoms with Crippen molar-refractivity contribution in [3.8, 4) is 0 Å². The van der Waals surface area contributed by atoms with E-state index in [9.17, 15) is 9.59 Å². The molecule has 2 atom stereocenters. The number of allylic oxidation sites excluding steroid dienone is 7. The van der Waals surface area contributed by atoms with Crippen molar-refractivity contribution in [2.75, 3.05) is 5.32 Å². The third-order valence-electron chi connectivity index (χ3n) is 6.08. The highest BCUT2D eigenvalue weighted by atomic mass is 35.5. The molecule has 3 N–H and O–H groups in total. The van der Waals surface area contributed by atoms with E-state index in [0.29, 0.717) is 34.2 Å². The van der Waals surface area contributed by atoms with Crippen LogP contribution >= 0.6 is 34.5 Å². The SMILES string of the molecule is CC1CC(NC(=O)c2ccsc2)=CC=C1c1nc2ccc(NC(=O)C3CC=C(Cl)C=C3Cl)cc2[nH]1. The van der Waals surface area contributed by atoms with E-state index in [1.807, 2.05) is 47.2 Å². The standard InChI is InChI=1S/C26H22Cl2N4O2S/c1-14-10-17(29-25(33)15-8-9-35-13-15)3-6-19(14)24-31-22-7-4-18(12-23(22)32-24)30-26(34)20-5-2-16(27)11-21(20)28/h2-4,6-9,11-14,20H,5,10H2,1H3,(H,29,33)(H,30,34)(H,31,32). The Morgan fingerprint density at radius 2 is 2.03 bits per heavy atom. The van der Waals surface area contributed by atoms with Gasteiger partial charge in [-0.05, 0) is 66.1 Å². The molecule has 178 valence electrons. The Morgan fingerprint density at radius 3 is 2.77 bits per heavy atom. The van der Waals surface area contributed by atoms with Gasteiger partial charge in [-0.1, -0.05) is 42.3 Å². The number of anilines is 1. The lowest BCUT2D eigenvalue weighted by Gasteiger charge is -2.20. The Kier molecular flexibility index (Phi) is 6.65. The number of rotatable bonds is 5. The molecular weight excluding hydrogens is 503 g/mol. The maximum atomic E-state index is 12.7. The maximum absolute atomic E-state index is 12.7. The molecule has 2 aliphatic rings. The minimum Gasteiger partial charge on any atom is -0.338 e. The van der Waals surface area contributed by atoms with Crippen LogP contribution in [0, 0.1) is 11.8 Å². The van der Waals surface area contributed by atoms with Crippen molar-refractivity contribution in [2.24, 2.45) is 11.8 Å². The van der Waals surface area contributed by atoms with Crippen LogP contribution in [0.2, 0.25) is 0 Å². The highest BCUT2D eigenvalue weighted by molar-refractivity contribution is 7.08. The summed E-state index contributed by atoms with van der Waals surface area (Å²) < 4.78 is 0. The van der Waals surface area contributed by atoms with Crippen LogP contribution in [0.15, 0.2) is 75.1 Å². The fourth-order valence-electron chi connectivity index (χ4n) is 4.20. The lowest BCUT2D eigenvalue weighted by Crippen LogP contribution is -2.24. The fraction of sp³-hybridized carbons (Fsp3) is 0.192. The third-order valence-corrected chi connectivity index (χ3v) is 7.39. The number of halogens is 2. The van der Waals surface area contributed by atoms with Gasteiger partial charge in [0.25, 0.3) is 5.91 Å². The van der Waals surface area contributed by atoms with Gasteiger partial charge < -0.3 is 15.6 Å². The number of H-pyrrole nitrogens is 1. The molecule has 0 radical (unpaired) electrons. The summed E-state index contributed by atoms with van der Waals surface area (Å²) in [6, 6.07) is 7.37. The van der Waals surface area contributed by atoms with Crippen molar-refractivity contribution in [3.63, 3.8) is 0 Å². The van der Waals surface area contributed by atoms with E-state index >= 15 is 0 Å². The molecule has 3 aromatic rings. The molecule has 0 saturated heterocycles. The first-order chi connectivity index (χ1) is 16.9. The molecule has 0 aliphatic heterocycles. The topological polar surface area (TPSA) is 86.9 Å². The molecule has 6 nitrogen and oxygen atoms in total. The molecule has 2 amide bonds. The summed E-state index contributed by atoms with van der Waals surface area (Å²) >= 11 is 13.7. The molecule has 2 aromatic heterocycles. The zero-order valence-corrected chi connectivity index (χ0v) is 21.1. The molecular formula is C26H22Cl2N4O2S. The lowest BCUT2D eigenvalue weighted by molar-refractivity contribution is -0.118. The van der Waals surface area contributed by atoms with Crippen LogP contribution in [0.25, 0.3) is 16.6 Å². The highest BCUT2D eigenvalue weighted by Crippen LogP contribution is 2.33. The summed E-state index contributed by atoms with van der Waals surface area (Å²) in [4.78, 5) is 33.2. The number of hydrogen-bond donors (Lipinski definition) is 3. The molecule has 0 spiro atoms. The summed E-state index contributed by atoms with van der Waals surface area (Å²) in [7, 11) is 0. The second kappa shape index (κ2) is 9.85. The van der Waals surface area contributed by atoms with Gasteiger partial charge >= 0.3 is 0 Å². The first-order valence-electron chi connectivity index (χ1n) is 11.2. The van der Waals surface area contributed by atoms with Crippen molar-refractivity contribution < 1.29 is 9.59 Å². The van der Waals surface area contributed by atoms with Crippen LogP contribution in [0.4, 0.5) is 5.69 Å². The monoisotopic (exact) mass is 524 g/mol. The summed E-state index contributed by atoms with van der Waals surface area (Å²) in [5.74, 6) is 0.202. The Balaban J connectivity index is 1.31. The Labute approximate surface area is 216 Å². The van der Waals surface area contributed by atoms with E-state index < -0.39 is 5.92 Å². The summed E-state index contributed by atoms with van der Waals surface area (Å²) in [6.07, 6.45) is 8.48. The molecule has 2 unspecified atom stereocenters. The summed E-state index contributed by atoms with van der Waals surface area (Å²) in [5.41, 5.74) is 4.89. The average molecular weight is 525 g/mol. The molecule has 35 heavy (non-hydrogen) atoms. The Hall–Kier alpha value is -3.13. The number of nitrogens with one attached hydrogen (secondary N) is 3. The van der Waals surface area contributed by atoms with Crippen molar-refractivity contribution in [1.82, 2.24) is 15.3 Å². The second-order valence-corrected chi connectivity index (χ2v) is 10.3. The van der Waals surface area contributed by atoms with Gasteiger partial charge in [-0.2, -0.15) is 11.3 Å². The number of nitrogens with zero attached hydrogens (tertiary/aromatic N) is 1. The van der Waals surface area contributed by atoms with Gasteiger partial charge in [0.15, 0.2) is 0 Å². The van der Waals surface area contributed by atoms with Gasteiger partial charge in [-0.3, -0.25) is 9.59 Å². The molecule has 0 fully saturated rings. The third kappa shape index (κ3) is 5.12. The van der Waals surface area contributed by atoms with Gasteiger partial charge in [-0.15, -0.1) is 0 Å². The van der Waals surface area contributed by atoms with E-state index in [0.717, 1.165) is 28.1 Å². The second-order valence-electron chi connectivity index (χ2n) is 8.60. The molecule has 0 saturated carbocycles. The van der Waals surface area contributed by atoms with Crippen molar-refractivity contribution >= 4 is 68.6 Å². The van der Waals surface area contributed by atoms with Crippen LogP contribution in [0.5, 0.6) is 0 Å². The molecule has 1 aromatic carbocycles. The summed E-state index contributed by atoms with van der Waals surface area (Å²) in [5, 5.41) is 10.6. The number of carbonyl (C=O) groups excluding carboxylic acids is 2. The first kappa shape index (κ1) is 23.6. The predicted octanol–water partition coefficient (Wildman–Crippen LogP) is 6.57. The largest absolute Gasteiger partial charge is 0.338 e. The molecule has 5 rings (SSSR count). The van der Waals surface area contributed by atoms with Gasteiger partial charge in [0.2, 0.25) is 5.91 Å². The summed E-state index contributed by atoms with van der Waals surface area (Å²) in [6.45, 7) is 2.11. The quantitative estimate of drug-likeness (QED) is 0.352. The fourth-order valence-corrected chi connectivity index (χ4v) is 5.40. The first-order valence-corrected chi connectivity index (χ1v) is 12.9. The van der Waals surface area contributed by atoms with E-state index in [4.69, 9.17) is 28.2 Å². The van der Waals surface area contributed by atoms with E-state index in [-0.39, 0.29) is 17.7 Å². The van der Waals surface area contributed by atoms with E-state index in [1.54, 1.807) is 12.2 Å². The van der Waals surface area contributed by atoms with Crippen molar-refractivity contribution in [1.29, 1.82) is 0 Å². The predicted molar refractivity (Wildman–Crippen MR) is 142 cm³/mol. The number of imidazole rings is 1. The number of fused-ring (bicyclic) bond motifs is 1. The number of thiophene rings is 1. The Bertz CT molecular complexity index is 1430. The Morgan fingerprint density at radius 1 is 1.17 bits per heavy atom. The molecule has 9 heteroatoms. The van der Waals surface area contributed by atoms with Crippen LogP contribution in [0.1, 0.15) is 35.9 Å². The lowest BCUT2D eigenvalue weighted by atomic mass is 9.90. The van der Waals surface area contributed by atoms with E-state index in [1.165, 1.54) is 11.3 Å². The molecule has 2 aliphatic carbocycles. The molecule has 2 heterocycles. The van der Waals surface area contributed by atoms with Crippen LogP contribution in [0.3, 0.4) is 0 Å². The maximum Gasteiger partial charge on any atom is 0.256 e. The van der Waals surface area contributed by atoms with Gasteiger partial charge in [-0.25, -0.2) is 4.98 Å². The minimum absolute atomic E-state index is 0.0935. The van der Waals surface area contributed by atoms with Crippen LogP contribution < -0.4 is 10.6 Å². The van der Waals surface area contributed by atoms with Crippen LogP contribution in [-0.2, 0) is 4.79 Å². The number of aromatic amines is 1. The van der Waals surface area contributed by atoms with Crippen molar-refractivity contribution in [3.05, 3.63) is 86.5 Å². The van der Waals surface area contributed by atoms with Crippen molar-refractivity contribution in [2.45, 2.75) is 19.8 Å². The number of benzene rings is 1.